The lowest BCUT2D eigenvalue weighted by Crippen LogP contribution is -2.43. The quantitative estimate of drug-likeness (QED) is 0.716. The van der Waals surface area contributed by atoms with E-state index in [0.717, 1.165) is 16.6 Å². The fraction of sp³-hybridized carbons (Fsp3) is 0.526. The highest BCUT2D eigenvalue weighted by molar-refractivity contribution is 7.91. The van der Waals surface area contributed by atoms with Crippen molar-refractivity contribution >= 4 is 21.6 Å². The smallest absolute Gasteiger partial charge is 0.321 e. The molecule has 3 heterocycles. The molecule has 2 aromatic rings. The summed E-state index contributed by atoms with van der Waals surface area (Å²) in [7, 11) is -2.95. The number of anilines is 1. The predicted octanol–water partition coefficient (Wildman–Crippen LogP) is 3.12. The molecule has 170 valence electrons. The molecule has 12 heteroatoms. The standard InChI is InChI=1S/C19H24F3N5O3S/c1-12-3-4-14(9-23-12)24-19(28)27-7-5-13(6-8-27)15(20)11-31(29,30)16-10-26(2)25-17(16)18(21)22/h3-4,9-10,13,15,18H,5-8,11H2,1-2H3,(H,24,28)/t15-/m0/s1. The van der Waals surface area contributed by atoms with Crippen molar-refractivity contribution in [3.8, 4) is 0 Å². The number of sulfone groups is 1. The summed E-state index contributed by atoms with van der Waals surface area (Å²) in [5, 5.41) is 6.19. The molecule has 1 fully saturated rings. The van der Waals surface area contributed by atoms with Crippen LogP contribution in [0.3, 0.4) is 0 Å². The highest BCUT2D eigenvalue weighted by Crippen LogP contribution is 2.29. The Bertz CT molecular complexity index is 1020. The SMILES string of the molecule is Cc1ccc(NC(=O)N2CCC([C@@H](F)CS(=O)(=O)c3cn(C)nc3C(F)F)CC2)cn1. The number of carbonyl (C=O) groups excluding carboxylic acids is 1. The van der Waals surface area contributed by atoms with Gasteiger partial charge in [-0.05, 0) is 37.8 Å². The molecule has 1 N–H and O–H groups in total. The highest BCUT2D eigenvalue weighted by atomic mass is 32.2. The van der Waals surface area contributed by atoms with E-state index >= 15 is 0 Å². The molecular formula is C19H24F3N5O3S. The fourth-order valence-electron chi connectivity index (χ4n) is 3.52. The van der Waals surface area contributed by atoms with Crippen LogP contribution in [-0.2, 0) is 16.9 Å². The number of halogens is 3. The average Bonchev–Trinajstić information content (AvgIpc) is 3.13. The zero-order chi connectivity index (χ0) is 22.8. The molecule has 0 aliphatic carbocycles. The number of aromatic nitrogens is 3. The minimum absolute atomic E-state index is 0.255. The molecule has 1 aliphatic rings. The largest absolute Gasteiger partial charge is 0.325 e. The molecule has 0 saturated carbocycles. The Morgan fingerprint density at radius 1 is 1.26 bits per heavy atom. The lowest BCUT2D eigenvalue weighted by molar-refractivity contribution is 0.141. The maximum atomic E-state index is 14.8. The molecule has 31 heavy (non-hydrogen) atoms. The number of urea groups is 1. The van der Waals surface area contributed by atoms with Crippen molar-refractivity contribution in [3.05, 3.63) is 35.9 Å². The van der Waals surface area contributed by atoms with E-state index in [4.69, 9.17) is 0 Å². The van der Waals surface area contributed by atoms with Crippen molar-refractivity contribution in [1.29, 1.82) is 0 Å². The van der Waals surface area contributed by atoms with Crippen LogP contribution in [0.2, 0.25) is 0 Å². The third kappa shape index (κ3) is 5.54. The van der Waals surface area contributed by atoms with Crippen molar-refractivity contribution in [2.24, 2.45) is 13.0 Å². The number of rotatable bonds is 6. The van der Waals surface area contributed by atoms with E-state index in [-0.39, 0.29) is 32.0 Å². The second-order valence-electron chi connectivity index (χ2n) is 7.59. The highest BCUT2D eigenvalue weighted by Gasteiger charge is 2.35. The number of piperidine rings is 1. The van der Waals surface area contributed by atoms with Gasteiger partial charge in [0, 0.05) is 32.0 Å². The molecule has 1 atom stereocenters. The molecule has 0 bridgehead atoms. The maximum absolute atomic E-state index is 14.8. The summed E-state index contributed by atoms with van der Waals surface area (Å²) in [6, 6.07) is 3.14. The van der Waals surface area contributed by atoms with E-state index in [1.54, 1.807) is 12.1 Å². The van der Waals surface area contributed by atoms with E-state index in [9.17, 15) is 26.4 Å². The van der Waals surface area contributed by atoms with E-state index in [1.807, 2.05) is 6.92 Å². The lowest BCUT2D eigenvalue weighted by atomic mass is 9.93. The molecule has 0 radical (unpaired) electrons. The number of hydrogen-bond acceptors (Lipinski definition) is 5. The summed E-state index contributed by atoms with van der Waals surface area (Å²) < 4.78 is 67.0. The van der Waals surface area contributed by atoms with Crippen molar-refractivity contribution < 1.29 is 26.4 Å². The summed E-state index contributed by atoms with van der Waals surface area (Å²) in [5.74, 6) is -1.49. The van der Waals surface area contributed by atoms with Gasteiger partial charge in [0.15, 0.2) is 9.84 Å². The van der Waals surface area contributed by atoms with Crippen LogP contribution in [0.1, 0.15) is 30.7 Å². The monoisotopic (exact) mass is 459 g/mol. The van der Waals surface area contributed by atoms with Gasteiger partial charge in [0.1, 0.15) is 16.8 Å². The number of carbonyl (C=O) groups is 1. The van der Waals surface area contributed by atoms with Crippen molar-refractivity contribution in [1.82, 2.24) is 19.7 Å². The van der Waals surface area contributed by atoms with Gasteiger partial charge in [0.25, 0.3) is 6.43 Å². The summed E-state index contributed by atoms with van der Waals surface area (Å²) in [4.78, 5) is 17.3. The van der Waals surface area contributed by atoms with Crippen LogP contribution in [0.25, 0.3) is 0 Å². The summed E-state index contributed by atoms with van der Waals surface area (Å²) in [6.07, 6.45) is -1.77. The molecular weight excluding hydrogens is 435 g/mol. The van der Waals surface area contributed by atoms with E-state index < -0.39 is 44.7 Å². The topological polar surface area (TPSA) is 97.2 Å². The third-order valence-electron chi connectivity index (χ3n) is 5.24. The Hall–Kier alpha value is -2.63. The third-order valence-corrected chi connectivity index (χ3v) is 6.99. The number of nitrogens with one attached hydrogen (secondary N) is 1. The van der Waals surface area contributed by atoms with Gasteiger partial charge in [-0.3, -0.25) is 9.67 Å². The van der Waals surface area contributed by atoms with Gasteiger partial charge in [-0.2, -0.15) is 5.10 Å². The Balaban J connectivity index is 1.57. The van der Waals surface area contributed by atoms with Crippen LogP contribution in [0, 0.1) is 12.8 Å². The number of alkyl halides is 3. The Morgan fingerprint density at radius 2 is 1.94 bits per heavy atom. The van der Waals surface area contributed by atoms with Crippen LogP contribution in [0.15, 0.2) is 29.4 Å². The second kappa shape index (κ2) is 9.25. The molecule has 0 spiro atoms. The zero-order valence-corrected chi connectivity index (χ0v) is 17.9. The summed E-state index contributed by atoms with van der Waals surface area (Å²) >= 11 is 0. The van der Waals surface area contributed by atoms with Gasteiger partial charge in [0.05, 0.1) is 17.6 Å². The van der Waals surface area contributed by atoms with Gasteiger partial charge in [-0.15, -0.1) is 0 Å². The van der Waals surface area contributed by atoms with Crippen LogP contribution < -0.4 is 5.32 Å². The van der Waals surface area contributed by atoms with Gasteiger partial charge in [-0.1, -0.05) is 0 Å². The van der Waals surface area contributed by atoms with Gasteiger partial charge < -0.3 is 10.2 Å². The number of nitrogens with zero attached hydrogens (tertiary/aromatic N) is 4. The van der Waals surface area contributed by atoms with Crippen molar-refractivity contribution in [3.63, 3.8) is 0 Å². The number of likely N-dealkylation sites (tertiary alicyclic amines) is 1. The summed E-state index contributed by atoms with van der Waals surface area (Å²) in [6.45, 7) is 2.34. The number of aryl methyl sites for hydroxylation is 2. The minimum atomic E-state index is -4.28. The molecule has 1 saturated heterocycles. The molecule has 1 aliphatic heterocycles. The molecule has 8 nitrogen and oxygen atoms in total. The zero-order valence-electron chi connectivity index (χ0n) is 17.1. The van der Waals surface area contributed by atoms with Crippen LogP contribution in [0.4, 0.5) is 23.7 Å². The summed E-state index contributed by atoms with van der Waals surface area (Å²) in [5.41, 5.74) is 0.486. The first kappa shape index (κ1) is 23.0. The van der Waals surface area contributed by atoms with Crippen molar-refractivity contribution in [2.75, 3.05) is 24.2 Å². The fourth-order valence-corrected chi connectivity index (χ4v) is 5.15. The first-order chi connectivity index (χ1) is 14.6. The predicted molar refractivity (Wildman–Crippen MR) is 107 cm³/mol. The van der Waals surface area contributed by atoms with Gasteiger partial charge >= 0.3 is 6.03 Å². The minimum Gasteiger partial charge on any atom is -0.325 e. The molecule has 0 unspecified atom stereocenters. The van der Waals surface area contributed by atoms with E-state index in [0.29, 0.717) is 5.69 Å². The average molecular weight is 459 g/mol. The lowest BCUT2D eigenvalue weighted by Gasteiger charge is -2.33. The number of amides is 2. The normalized spacial score (nSPS) is 16.5. The first-order valence-corrected chi connectivity index (χ1v) is 11.4. The Labute approximate surface area is 178 Å². The van der Waals surface area contributed by atoms with Crippen LogP contribution in [-0.4, -0.2) is 59.1 Å². The van der Waals surface area contributed by atoms with E-state index in [2.05, 4.69) is 15.4 Å². The first-order valence-electron chi connectivity index (χ1n) is 9.74. The molecule has 0 aromatic carbocycles. The molecule has 2 amide bonds. The van der Waals surface area contributed by atoms with Crippen LogP contribution >= 0.6 is 0 Å². The number of hydrogen-bond donors (Lipinski definition) is 1. The van der Waals surface area contributed by atoms with Gasteiger partial charge in [-0.25, -0.2) is 26.4 Å². The Morgan fingerprint density at radius 3 is 2.52 bits per heavy atom. The Kier molecular flexibility index (Phi) is 6.87. The molecule has 2 aromatic heterocycles. The van der Waals surface area contributed by atoms with Gasteiger partial charge in [0.2, 0.25) is 0 Å². The maximum Gasteiger partial charge on any atom is 0.321 e. The van der Waals surface area contributed by atoms with Crippen molar-refractivity contribution in [2.45, 2.75) is 37.3 Å². The van der Waals surface area contributed by atoms with Crippen LogP contribution in [0.5, 0.6) is 0 Å². The second-order valence-corrected chi connectivity index (χ2v) is 9.60. The number of pyridine rings is 1. The molecule has 3 rings (SSSR count). The van der Waals surface area contributed by atoms with E-state index in [1.165, 1.54) is 18.1 Å².